The lowest BCUT2D eigenvalue weighted by Gasteiger charge is -2.48. The number of hydrogen-bond donors (Lipinski definition) is 16. The molecule has 24 nitrogen and oxygen atoms in total. The molecule has 56 heavy (non-hydrogen) atoms. The zero-order valence-electron chi connectivity index (χ0n) is 31.1. The Morgan fingerprint density at radius 2 is 1.27 bits per heavy atom. The van der Waals surface area contributed by atoms with Crippen molar-refractivity contribution in [3.63, 3.8) is 0 Å². The van der Waals surface area contributed by atoms with Crippen LogP contribution in [0.3, 0.4) is 0 Å². The van der Waals surface area contributed by atoms with Crippen molar-refractivity contribution < 1.29 is 78.8 Å². The van der Waals surface area contributed by atoms with Crippen LogP contribution in [0.15, 0.2) is 0 Å². The molecule has 4 fully saturated rings. The van der Waals surface area contributed by atoms with Gasteiger partial charge in [-0.2, -0.15) is 0 Å². The van der Waals surface area contributed by atoms with Crippen LogP contribution < -0.4 is 45.0 Å². The third kappa shape index (κ3) is 11.2. The van der Waals surface area contributed by atoms with E-state index < -0.39 is 142 Å². The second-order valence-corrected chi connectivity index (χ2v) is 14.5. The minimum Gasteiger partial charge on any atom is -0.394 e. The Bertz CT molecular complexity index is 1170. The number of carbonyl (C=O) groups is 1. The lowest BCUT2D eigenvalue weighted by molar-refractivity contribution is -0.312. The highest BCUT2D eigenvalue weighted by atomic mass is 16.8. The summed E-state index contributed by atoms with van der Waals surface area (Å²) >= 11 is 0. The first-order chi connectivity index (χ1) is 26.7. The number of amides is 1. The SMILES string of the molecule is NCCCNCCO[C@H]1[C@H](O[C@@H]2[C@@H](O)[C@H](NC(=O)[C@@H](O)CCN)C[C@H](N)[C@H]2O[C@H]2O[C@H](CO)[C@@H](O)[C@H](O)[C@H]2N)O[C@H](CO)[C@H]1O[C@H]1O[C@@H](CN)[C@@H](O)[C@H](O)[C@H]1N. The number of aliphatic hydroxyl groups excluding tert-OH is 8. The number of carbonyl (C=O) groups excluding carboxylic acids is 1. The van der Waals surface area contributed by atoms with Crippen LogP contribution in [0.4, 0.5) is 0 Å². The molecule has 20 atom stereocenters. The van der Waals surface area contributed by atoms with Crippen LogP contribution in [-0.2, 0) is 38.0 Å². The quantitative estimate of drug-likeness (QED) is 0.0507. The number of rotatable bonds is 20. The van der Waals surface area contributed by atoms with Crippen LogP contribution >= 0.6 is 0 Å². The minimum atomic E-state index is -1.65. The van der Waals surface area contributed by atoms with Crippen molar-refractivity contribution in [2.45, 2.75) is 142 Å². The second kappa shape index (κ2) is 22.3. The Balaban J connectivity index is 1.65. The van der Waals surface area contributed by atoms with E-state index in [-0.39, 0.29) is 32.5 Å². The summed E-state index contributed by atoms with van der Waals surface area (Å²) < 4.78 is 42.5. The summed E-state index contributed by atoms with van der Waals surface area (Å²) in [4.78, 5) is 12.9. The molecule has 3 aliphatic heterocycles. The highest BCUT2D eigenvalue weighted by Crippen LogP contribution is 2.36. The highest BCUT2D eigenvalue weighted by molar-refractivity contribution is 5.80. The molecule has 0 unspecified atom stereocenters. The Hall–Kier alpha value is -1.41. The van der Waals surface area contributed by atoms with Gasteiger partial charge in [-0.15, -0.1) is 0 Å². The van der Waals surface area contributed by atoms with E-state index in [1.54, 1.807) is 0 Å². The fourth-order valence-electron chi connectivity index (χ4n) is 7.15. The molecule has 3 saturated heterocycles. The second-order valence-electron chi connectivity index (χ2n) is 14.5. The van der Waals surface area contributed by atoms with Crippen molar-refractivity contribution in [3.05, 3.63) is 0 Å². The Labute approximate surface area is 323 Å². The van der Waals surface area contributed by atoms with E-state index >= 15 is 0 Å². The first kappa shape index (κ1) is 47.3. The van der Waals surface area contributed by atoms with Gasteiger partial charge in [0.1, 0.15) is 79.4 Å². The van der Waals surface area contributed by atoms with E-state index in [4.69, 9.17) is 67.6 Å². The van der Waals surface area contributed by atoms with Crippen molar-refractivity contribution in [2.75, 3.05) is 52.5 Å². The maximum Gasteiger partial charge on any atom is 0.249 e. The van der Waals surface area contributed by atoms with Crippen molar-refractivity contribution in [1.29, 1.82) is 0 Å². The summed E-state index contributed by atoms with van der Waals surface area (Å²) in [6.07, 6.45) is -22.0. The number of nitrogens with one attached hydrogen (secondary N) is 2. The van der Waals surface area contributed by atoms with E-state index in [1.807, 2.05) is 0 Å². The first-order valence-corrected chi connectivity index (χ1v) is 18.9. The van der Waals surface area contributed by atoms with E-state index in [0.29, 0.717) is 26.1 Å². The molecule has 0 radical (unpaired) electrons. The van der Waals surface area contributed by atoms with Crippen LogP contribution in [0.1, 0.15) is 19.3 Å². The zero-order chi connectivity index (χ0) is 41.3. The summed E-state index contributed by atoms with van der Waals surface area (Å²) in [6, 6.07) is -4.86. The maximum atomic E-state index is 12.9. The molecular formula is C32H64N8O16. The minimum absolute atomic E-state index is 0.00141. The predicted octanol–water partition coefficient (Wildman–Crippen LogP) is -10.0. The lowest BCUT2D eigenvalue weighted by Crippen LogP contribution is -2.69. The monoisotopic (exact) mass is 816 g/mol. The van der Waals surface area contributed by atoms with Gasteiger partial charge in [-0.1, -0.05) is 0 Å². The Morgan fingerprint density at radius 1 is 0.696 bits per heavy atom. The van der Waals surface area contributed by atoms with E-state index in [2.05, 4.69) is 10.6 Å². The Kier molecular flexibility index (Phi) is 18.8. The van der Waals surface area contributed by atoms with Crippen molar-refractivity contribution in [3.8, 4) is 0 Å². The fourth-order valence-corrected chi connectivity index (χ4v) is 7.15. The maximum absolute atomic E-state index is 12.9. The van der Waals surface area contributed by atoms with Crippen molar-refractivity contribution >= 4 is 5.91 Å². The van der Waals surface area contributed by atoms with Crippen molar-refractivity contribution in [2.24, 2.45) is 34.4 Å². The summed E-state index contributed by atoms with van der Waals surface area (Å²) in [5.41, 5.74) is 35.8. The molecule has 3 heterocycles. The van der Waals surface area contributed by atoms with E-state index in [9.17, 15) is 45.6 Å². The standard InChI is InChI=1S/C32H64N8O16/c33-3-1-5-39-6-7-50-28-26(55-30-18(37)23(47)21(45)15(9-35)51-30)17(11-42)53-32(28)56-27-20(44)13(40-29(49)14(43)2-4-34)8-12(36)25(27)54-31-19(38)24(48)22(46)16(10-41)52-31/h12-28,30-32,39,41-48H,1-11,33-38H2,(H,40,49)/t12-,13+,14-,15-,16+,17+,18+,19+,20-,21+,22+,23+,24+,25+,26+,27+,28+,30+,31+,32-/m0/s1. The number of hydrogen-bond acceptors (Lipinski definition) is 23. The fraction of sp³-hybridized carbons (Fsp3) is 0.969. The van der Waals surface area contributed by atoms with Crippen LogP contribution in [0, 0.1) is 0 Å². The summed E-state index contributed by atoms with van der Waals surface area (Å²) in [5.74, 6) is -0.841. The molecule has 0 aromatic heterocycles. The van der Waals surface area contributed by atoms with Gasteiger partial charge in [0.15, 0.2) is 18.9 Å². The van der Waals surface area contributed by atoms with Crippen LogP contribution in [0.2, 0.25) is 0 Å². The molecule has 1 amide bonds. The number of nitrogens with two attached hydrogens (primary N) is 6. The zero-order valence-corrected chi connectivity index (χ0v) is 31.1. The number of ether oxygens (including phenoxy) is 7. The topological polar surface area (TPSA) is 424 Å². The van der Waals surface area contributed by atoms with Gasteiger partial charge in [0, 0.05) is 19.1 Å². The Morgan fingerprint density at radius 3 is 1.86 bits per heavy atom. The van der Waals surface area contributed by atoms with Gasteiger partial charge in [-0.25, -0.2) is 0 Å². The molecule has 0 spiro atoms. The molecule has 0 aromatic rings. The third-order valence-corrected chi connectivity index (χ3v) is 10.5. The molecule has 328 valence electrons. The van der Waals surface area contributed by atoms with Gasteiger partial charge < -0.3 is 119 Å². The lowest BCUT2D eigenvalue weighted by atomic mass is 9.83. The summed E-state index contributed by atoms with van der Waals surface area (Å²) in [7, 11) is 0. The predicted molar refractivity (Wildman–Crippen MR) is 190 cm³/mol. The molecule has 1 aliphatic carbocycles. The molecular weight excluding hydrogens is 752 g/mol. The number of aliphatic hydroxyl groups is 8. The molecule has 1 saturated carbocycles. The van der Waals surface area contributed by atoms with E-state index in [0.717, 1.165) is 0 Å². The molecule has 24 heteroatoms. The average molecular weight is 817 g/mol. The first-order valence-electron chi connectivity index (χ1n) is 18.9. The smallest absolute Gasteiger partial charge is 0.249 e. The van der Waals surface area contributed by atoms with Gasteiger partial charge >= 0.3 is 0 Å². The van der Waals surface area contributed by atoms with Crippen LogP contribution in [0.25, 0.3) is 0 Å². The van der Waals surface area contributed by atoms with Crippen molar-refractivity contribution in [1.82, 2.24) is 10.6 Å². The van der Waals surface area contributed by atoms with Crippen LogP contribution in [0.5, 0.6) is 0 Å². The normalized spacial score (nSPS) is 43.8. The molecule has 4 aliphatic rings. The van der Waals surface area contributed by atoms with E-state index in [1.165, 1.54) is 0 Å². The molecule has 0 aromatic carbocycles. The summed E-state index contributed by atoms with van der Waals surface area (Å²) in [6.45, 7) is -0.179. The van der Waals surface area contributed by atoms with Gasteiger partial charge in [-0.3, -0.25) is 4.79 Å². The van der Waals surface area contributed by atoms with Gasteiger partial charge in [0.2, 0.25) is 5.91 Å². The summed E-state index contributed by atoms with van der Waals surface area (Å²) in [5, 5.41) is 90.1. The van der Waals surface area contributed by atoms with Gasteiger partial charge in [0.25, 0.3) is 0 Å². The highest BCUT2D eigenvalue weighted by Gasteiger charge is 2.55. The molecule has 4 rings (SSSR count). The average Bonchev–Trinajstić information content (AvgIpc) is 3.51. The largest absolute Gasteiger partial charge is 0.394 e. The third-order valence-electron chi connectivity index (χ3n) is 10.5. The molecule has 0 bridgehead atoms. The molecule has 22 N–H and O–H groups in total. The van der Waals surface area contributed by atoms with Crippen LogP contribution in [-0.4, -0.2) is 222 Å². The van der Waals surface area contributed by atoms with Gasteiger partial charge in [0.05, 0.1) is 37.9 Å². The van der Waals surface area contributed by atoms with Gasteiger partial charge in [-0.05, 0) is 38.9 Å².